The molecule has 0 saturated carbocycles. The Kier molecular flexibility index (Phi) is 10.6. The third-order valence-corrected chi connectivity index (χ3v) is 6.02. The van der Waals surface area contributed by atoms with E-state index < -0.39 is 18.6 Å². The number of halogens is 4. The summed E-state index contributed by atoms with van der Waals surface area (Å²) >= 11 is 0. The van der Waals surface area contributed by atoms with Gasteiger partial charge in [0.25, 0.3) is 5.91 Å². The van der Waals surface area contributed by atoms with Crippen LogP contribution in [0.15, 0.2) is 40.9 Å². The summed E-state index contributed by atoms with van der Waals surface area (Å²) in [5, 5.41) is 1.85. The Morgan fingerprint density at radius 2 is 1.82 bits per heavy atom. The van der Waals surface area contributed by atoms with Crippen LogP contribution < -0.4 is 11.1 Å². The van der Waals surface area contributed by atoms with E-state index in [1.807, 2.05) is 26.1 Å². The first-order valence-electron chi connectivity index (χ1n) is 12.3. The molecule has 3 rings (SSSR count). The molecule has 3 N–H and O–H groups in total. The summed E-state index contributed by atoms with van der Waals surface area (Å²) in [5.41, 5.74) is 9.36. The first-order chi connectivity index (χ1) is 17.9. The molecule has 0 aromatic heterocycles. The second-order valence-electron chi connectivity index (χ2n) is 8.94. The van der Waals surface area contributed by atoms with Crippen LogP contribution in [-0.4, -0.2) is 55.3 Å². The molecule has 1 heterocycles. The maximum absolute atomic E-state index is 13.5. The van der Waals surface area contributed by atoms with Crippen LogP contribution in [0.1, 0.15) is 53.4 Å². The predicted molar refractivity (Wildman–Crippen MR) is 143 cm³/mol. The lowest BCUT2D eigenvalue weighted by Gasteiger charge is -2.38. The van der Waals surface area contributed by atoms with Crippen molar-refractivity contribution < 1.29 is 27.2 Å². The molecular weight excluding hydrogens is 500 g/mol. The largest absolute Gasteiger partial charge is 0.405 e. The maximum Gasteiger partial charge on any atom is 0.405 e. The lowest BCUT2D eigenvalue weighted by molar-refractivity contribution is -0.132. The van der Waals surface area contributed by atoms with Crippen molar-refractivity contribution in [2.24, 2.45) is 10.9 Å². The molecule has 1 fully saturated rings. The van der Waals surface area contributed by atoms with Crippen molar-refractivity contribution in [1.29, 1.82) is 0 Å². The van der Waals surface area contributed by atoms with Gasteiger partial charge in [-0.15, -0.1) is 0 Å². The fraction of sp³-hybridized carbons (Fsp3) is 0.393. The first-order valence-corrected chi connectivity index (χ1v) is 12.3. The lowest BCUT2D eigenvalue weighted by atomic mass is 9.98. The molecule has 6 nitrogen and oxygen atoms in total. The van der Waals surface area contributed by atoms with Crippen molar-refractivity contribution in [1.82, 2.24) is 10.2 Å². The number of aryl methyl sites for hydroxylation is 1. The molecule has 206 valence electrons. The van der Waals surface area contributed by atoms with Gasteiger partial charge in [0, 0.05) is 54.2 Å². The van der Waals surface area contributed by atoms with E-state index >= 15 is 0 Å². The molecule has 1 saturated heterocycles. The average molecular weight is 535 g/mol. The highest BCUT2D eigenvalue weighted by Gasteiger charge is 2.31. The van der Waals surface area contributed by atoms with Gasteiger partial charge in [-0.05, 0) is 67.8 Å². The molecule has 2 aromatic carbocycles. The van der Waals surface area contributed by atoms with Gasteiger partial charge in [0.05, 0.1) is 0 Å². The van der Waals surface area contributed by atoms with Crippen LogP contribution in [0.5, 0.6) is 0 Å². The fourth-order valence-corrected chi connectivity index (χ4v) is 3.90. The zero-order valence-electron chi connectivity index (χ0n) is 22.2. The van der Waals surface area contributed by atoms with Gasteiger partial charge < -0.3 is 16.0 Å². The Balaban J connectivity index is 0.00000247. The highest BCUT2D eigenvalue weighted by Crippen LogP contribution is 2.23. The standard InChI is InChI=1S/C26H28F4N4O2.C2H6/c1-15-4-5-20(27)9-19(15)8-16(2)25(36)34-12-18(13-34)10-32-11-22-17(3)21(6-7-23(22)31)24(35)33-14-26(28,29)30;1-2/h4-9,11,18H,10,12-14,31H2,1-3H3,(H,33,35);1-2H3/b16-8+,32-11?;. The summed E-state index contributed by atoms with van der Waals surface area (Å²) in [7, 11) is 0. The number of benzene rings is 2. The van der Waals surface area contributed by atoms with Crippen LogP contribution in [0.25, 0.3) is 6.08 Å². The minimum Gasteiger partial charge on any atom is -0.398 e. The molecule has 0 bridgehead atoms. The van der Waals surface area contributed by atoms with Crippen molar-refractivity contribution in [3.8, 4) is 0 Å². The van der Waals surface area contributed by atoms with E-state index in [0.717, 1.165) is 5.56 Å². The number of nitrogens with zero attached hydrogens (tertiary/aromatic N) is 2. The smallest absolute Gasteiger partial charge is 0.398 e. The molecule has 2 aromatic rings. The lowest BCUT2D eigenvalue weighted by Crippen LogP contribution is -2.51. The number of hydrogen-bond acceptors (Lipinski definition) is 4. The van der Waals surface area contributed by atoms with Crippen LogP contribution in [0.4, 0.5) is 23.2 Å². The summed E-state index contributed by atoms with van der Waals surface area (Å²) in [5.74, 6) is -1.20. The summed E-state index contributed by atoms with van der Waals surface area (Å²) < 4.78 is 50.7. The molecule has 38 heavy (non-hydrogen) atoms. The van der Waals surface area contributed by atoms with Crippen molar-refractivity contribution >= 4 is 29.8 Å². The van der Waals surface area contributed by atoms with Crippen molar-refractivity contribution in [3.63, 3.8) is 0 Å². The summed E-state index contributed by atoms with van der Waals surface area (Å²) in [6.45, 7) is 9.15. The van der Waals surface area contributed by atoms with Gasteiger partial charge in [-0.25, -0.2) is 4.39 Å². The van der Waals surface area contributed by atoms with Gasteiger partial charge in [-0.2, -0.15) is 13.2 Å². The molecule has 1 aliphatic rings. The Morgan fingerprint density at radius 1 is 1.16 bits per heavy atom. The number of carbonyl (C=O) groups is 2. The van der Waals surface area contributed by atoms with Gasteiger partial charge >= 0.3 is 6.18 Å². The number of hydrogen-bond donors (Lipinski definition) is 2. The van der Waals surface area contributed by atoms with E-state index in [0.29, 0.717) is 47.6 Å². The van der Waals surface area contributed by atoms with Gasteiger partial charge in [-0.1, -0.05) is 19.9 Å². The third-order valence-electron chi connectivity index (χ3n) is 6.02. The van der Waals surface area contributed by atoms with Crippen molar-refractivity contribution in [3.05, 3.63) is 69.5 Å². The van der Waals surface area contributed by atoms with Crippen molar-refractivity contribution in [2.75, 3.05) is 31.9 Å². The highest BCUT2D eigenvalue weighted by atomic mass is 19.4. The molecule has 0 unspecified atom stereocenters. The molecule has 10 heteroatoms. The van der Waals surface area contributed by atoms with Crippen LogP contribution in [0.3, 0.4) is 0 Å². The number of nitrogen functional groups attached to an aromatic ring is 1. The van der Waals surface area contributed by atoms with E-state index in [4.69, 9.17) is 5.73 Å². The molecule has 0 spiro atoms. The molecule has 0 aliphatic carbocycles. The number of nitrogens with one attached hydrogen (secondary N) is 1. The van der Waals surface area contributed by atoms with E-state index in [1.54, 1.807) is 30.9 Å². The van der Waals surface area contributed by atoms with Crippen molar-refractivity contribution in [2.45, 2.75) is 40.8 Å². The Labute approximate surface area is 220 Å². The topological polar surface area (TPSA) is 87.8 Å². The number of likely N-dealkylation sites (tertiary alicyclic amines) is 1. The van der Waals surface area contributed by atoms with Gasteiger partial charge in [0.2, 0.25) is 5.91 Å². The van der Waals surface area contributed by atoms with Crippen LogP contribution in [0.2, 0.25) is 0 Å². The minimum atomic E-state index is -4.51. The highest BCUT2D eigenvalue weighted by molar-refractivity contribution is 6.00. The molecule has 0 atom stereocenters. The SMILES string of the molecule is C/C(=C\c1cc(F)ccc1C)C(=O)N1CC(CN=Cc2c(N)ccc(C(=O)NCC(F)(F)F)c2C)C1.CC. The number of anilines is 1. The van der Waals surface area contributed by atoms with E-state index in [2.05, 4.69) is 4.99 Å². The third kappa shape index (κ3) is 8.16. The van der Waals surface area contributed by atoms with E-state index in [-0.39, 0.29) is 23.2 Å². The summed E-state index contributed by atoms with van der Waals surface area (Å²) in [6.07, 6.45) is -1.32. The van der Waals surface area contributed by atoms with Gasteiger partial charge in [-0.3, -0.25) is 14.6 Å². The molecule has 0 radical (unpaired) electrons. The number of alkyl halides is 3. The van der Waals surface area contributed by atoms with Gasteiger partial charge in [0.1, 0.15) is 12.4 Å². The fourth-order valence-electron chi connectivity index (χ4n) is 3.90. The Morgan fingerprint density at radius 3 is 2.45 bits per heavy atom. The number of carbonyl (C=O) groups excluding carboxylic acids is 2. The quantitative estimate of drug-likeness (QED) is 0.218. The molecular formula is C28H34F4N4O2. The molecule has 1 aliphatic heterocycles. The van der Waals surface area contributed by atoms with E-state index in [1.165, 1.54) is 30.5 Å². The zero-order chi connectivity index (χ0) is 28.6. The number of amides is 2. The Hall–Kier alpha value is -3.69. The van der Waals surface area contributed by atoms with E-state index in [9.17, 15) is 27.2 Å². The van der Waals surface area contributed by atoms with Crippen LogP contribution in [-0.2, 0) is 4.79 Å². The maximum atomic E-state index is 13.5. The second-order valence-corrected chi connectivity index (χ2v) is 8.94. The number of aliphatic imine (C=N–C) groups is 1. The first kappa shape index (κ1) is 30.5. The normalized spacial score (nSPS) is 14.1. The minimum absolute atomic E-state index is 0.0890. The summed E-state index contributed by atoms with van der Waals surface area (Å²) in [4.78, 5) is 30.9. The monoisotopic (exact) mass is 534 g/mol. The molecule has 2 amide bonds. The van der Waals surface area contributed by atoms with Crippen LogP contribution in [0, 0.1) is 25.6 Å². The average Bonchev–Trinajstić information content (AvgIpc) is 2.83. The Bertz CT molecular complexity index is 1220. The number of nitrogens with two attached hydrogens (primary N) is 1. The van der Waals surface area contributed by atoms with Crippen LogP contribution >= 0.6 is 0 Å². The van der Waals surface area contributed by atoms with Gasteiger partial charge in [0.15, 0.2) is 0 Å². The number of rotatable bonds is 7. The second kappa shape index (κ2) is 13.2. The summed E-state index contributed by atoms with van der Waals surface area (Å²) in [6, 6.07) is 7.26. The predicted octanol–water partition coefficient (Wildman–Crippen LogP) is 5.32. The zero-order valence-corrected chi connectivity index (χ0v) is 22.2.